The molecule has 1 aromatic rings. The number of aromatic nitrogens is 2. The molecule has 1 aliphatic heterocycles. The fraction of sp³-hybridized carbons (Fsp3) is 0.636. The Morgan fingerprint density at radius 3 is 2.69 bits per heavy atom. The number of nitrogens with one attached hydrogen (secondary N) is 1. The molecule has 0 saturated carbocycles. The van der Waals surface area contributed by atoms with Gasteiger partial charge in [0.15, 0.2) is 0 Å². The van der Waals surface area contributed by atoms with E-state index in [0.29, 0.717) is 11.8 Å². The Morgan fingerprint density at radius 2 is 2.06 bits per heavy atom. The van der Waals surface area contributed by atoms with Crippen molar-refractivity contribution in [2.24, 2.45) is 5.92 Å². The molecule has 0 unspecified atom stereocenters. The molecule has 0 atom stereocenters. The average molecular weight is 244 g/mol. The Labute approximate surface area is 102 Å². The standard InChI is InChI=1S/C11H17N3O.ClH/c1-9-2-3-11(14-13-9)15-8-10-4-6-12-7-5-10;/h2-3,10,12H,4-8H2,1H3;1H. The average Bonchev–Trinajstić information content (AvgIpc) is 2.30. The van der Waals surface area contributed by atoms with Gasteiger partial charge in [0.25, 0.3) is 0 Å². The first-order chi connectivity index (χ1) is 7.34. The van der Waals surface area contributed by atoms with Crippen molar-refractivity contribution >= 4 is 12.4 Å². The minimum atomic E-state index is 0. The van der Waals surface area contributed by atoms with Crippen LogP contribution in [0, 0.1) is 12.8 Å². The zero-order chi connectivity index (χ0) is 10.5. The molecular weight excluding hydrogens is 226 g/mol. The Hall–Kier alpha value is -0.870. The van der Waals surface area contributed by atoms with Crippen molar-refractivity contribution in [2.75, 3.05) is 19.7 Å². The van der Waals surface area contributed by atoms with Crippen LogP contribution < -0.4 is 10.1 Å². The molecule has 0 bridgehead atoms. The van der Waals surface area contributed by atoms with E-state index < -0.39 is 0 Å². The molecule has 1 aromatic heterocycles. The monoisotopic (exact) mass is 243 g/mol. The van der Waals surface area contributed by atoms with Crippen molar-refractivity contribution in [1.82, 2.24) is 15.5 Å². The fourth-order valence-corrected chi connectivity index (χ4v) is 1.72. The summed E-state index contributed by atoms with van der Waals surface area (Å²) in [6.07, 6.45) is 2.39. The summed E-state index contributed by atoms with van der Waals surface area (Å²) in [6.45, 7) is 4.89. The molecule has 1 aliphatic rings. The first-order valence-electron chi connectivity index (χ1n) is 5.48. The molecule has 0 amide bonds. The quantitative estimate of drug-likeness (QED) is 0.876. The fourth-order valence-electron chi connectivity index (χ4n) is 1.72. The van der Waals surface area contributed by atoms with Gasteiger partial charge in [0, 0.05) is 6.07 Å². The van der Waals surface area contributed by atoms with Gasteiger partial charge in [-0.1, -0.05) is 0 Å². The SMILES string of the molecule is Cc1ccc(OCC2CCNCC2)nn1.Cl. The van der Waals surface area contributed by atoms with Crippen LogP contribution in [-0.4, -0.2) is 29.9 Å². The van der Waals surface area contributed by atoms with Crippen LogP contribution in [0.3, 0.4) is 0 Å². The molecule has 1 N–H and O–H groups in total. The summed E-state index contributed by atoms with van der Waals surface area (Å²) in [5, 5.41) is 11.3. The van der Waals surface area contributed by atoms with E-state index in [2.05, 4.69) is 15.5 Å². The van der Waals surface area contributed by atoms with Crippen molar-refractivity contribution in [3.05, 3.63) is 17.8 Å². The molecule has 1 fully saturated rings. The van der Waals surface area contributed by atoms with Crippen molar-refractivity contribution < 1.29 is 4.74 Å². The third kappa shape index (κ3) is 3.94. The van der Waals surface area contributed by atoms with Crippen molar-refractivity contribution in [3.63, 3.8) is 0 Å². The Balaban J connectivity index is 0.00000128. The third-order valence-electron chi connectivity index (χ3n) is 2.70. The zero-order valence-electron chi connectivity index (χ0n) is 9.48. The number of halogens is 1. The van der Waals surface area contributed by atoms with Crippen LogP contribution in [-0.2, 0) is 0 Å². The molecule has 0 aliphatic carbocycles. The van der Waals surface area contributed by atoms with Gasteiger partial charge in [-0.15, -0.1) is 17.5 Å². The second-order valence-electron chi connectivity index (χ2n) is 4.02. The van der Waals surface area contributed by atoms with Crippen LogP contribution in [0.5, 0.6) is 5.88 Å². The molecule has 0 aromatic carbocycles. The summed E-state index contributed by atoms with van der Waals surface area (Å²) in [7, 11) is 0. The molecule has 1 saturated heterocycles. The normalized spacial score (nSPS) is 16.6. The third-order valence-corrected chi connectivity index (χ3v) is 2.70. The lowest BCUT2D eigenvalue weighted by Crippen LogP contribution is -2.30. The minimum absolute atomic E-state index is 0. The highest BCUT2D eigenvalue weighted by Gasteiger charge is 2.13. The second kappa shape index (κ2) is 6.66. The molecule has 2 heterocycles. The summed E-state index contributed by atoms with van der Waals surface area (Å²) < 4.78 is 5.60. The van der Waals surface area contributed by atoms with Crippen molar-refractivity contribution in [2.45, 2.75) is 19.8 Å². The first-order valence-corrected chi connectivity index (χ1v) is 5.48. The van der Waals surface area contributed by atoms with E-state index in [-0.39, 0.29) is 12.4 Å². The van der Waals surface area contributed by atoms with Crippen LogP contribution in [0.1, 0.15) is 18.5 Å². The van der Waals surface area contributed by atoms with Gasteiger partial charge >= 0.3 is 0 Å². The van der Waals surface area contributed by atoms with Gasteiger partial charge < -0.3 is 10.1 Å². The minimum Gasteiger partial charge on any atom is -0.476 e. The van der Waals surface area contributed by atoms with Crippen LogP contribution in [0.4, 0.5) is 0 Å². The zero-order valence-corrected chi connectivity index (χ0v) is 10.3. The summed E-state index contributed by atoms with van der Waals surface area (Å²) in [6, 6.07) is 3.80. The summed E-state index contributed by atoms with van der Waals surface area (Å²) in [5.41, 5.74) is 0.921. The molecule has 90 valence electrons. The summed E-state index contributed by atoms with van der Waals surface area (Å²) >= 11 is 0. The van der Waals surface area contributed by atoms with E-state index in [9.17, 15) is 0 Å². The van der Waals surface area contributed by atoms with E-state index >= 15 is 0 Å². The largest absolute Gasteiger partial charge is 0.476 e. The first kappa shape index (κ1) is 13.2. The van der Waals surface area contributed by atoms with Gasteiger partial charge in [0.05, 0.1) is 12.3 Å². The number of hydrogen-bond acceptors (Lipinski definition) is 4. The number of ether oxygens (including phenoxy) is 1. The Bertz CT molecular complexity index is 299. The van der Waals surface area contributed by atoms with Crippen molar-refractivity contribution in [3.8, 4) is 5.88 Å². The highest BCUT2D eigenvalue weighted by atomic mass is 35.5. The number of aryl methyl sites for hydroxylation is 1. The van der Waals surface area contributed by atoms with Crippen LogP contribution in [0.25, 0.3) is 0 Å². The smallest absolute Gasteiger partial charge is 0.233 e. The topological polar surface area (TPSA) is 47.0 Å². The molecule has 0 spiro atoms. The number of hydrogen-bond donors (Lipinski definition) is 1. The highest BCUT2D eigenvalue weighted by molar-refractivity contribution is 5.85. The van der Waals surface area contributed by atoms with Gasteiger partial charge in [-0.25, -0.2) is 0 Å². The molecule has 4 nitrogen and oxygen atoms in total. The van der Waals surface area contributed by atoms with E-state index in [1.807, 2.05) is 19.1 Å². The van der Waals surface area contributed by atoms with Gasteiger partial charge in [0.2, 0.25) is 5.88 Å². The van der Waals surface area contributed by atoms with Crippen LogP contribution in [0.15, 0.2) is 12.1 Å². The van der Waals surface area contributed by atoms with Gasteiger partial charge in [0.1, 0.15) is 0 Å². The number of nitrogens with zero attached hydrogens (tertiary/aromatic N) is 2. The molecule has 0 radical (unpaired) electrons. The maximum absolute atomic E-state index is 5.60. The predicted molar refractivity (Wildman–Crippen MR) is 65.1 cm³/mol. The maximum atomic E-state index is 5.60. The van der Waals surface area contributed by atoms with E-state index in [4.69, 9.17) is 4.74 Å². The second-order valence-corrected chi connectivity index (χ2v) is 4.02. The van der Waals surface area contributed by atoms with E-state index in [1.54, 1.807) is 0 Å². The van der Waals surface area contributed by atoms with Gasteiger partial charge in [-0.05, 0) is 44.8 Å². The Kier molecular flexibility index (Phi) is 5.49. The summed E-state index contributed by atoms with van der Waals surface area (Å²) in [4.78, 5) is 0. The molecule has 5 heteroatoms. The summed E-state index contributed by atoms with van der Waals surface area (Å²) in [5.74, 6) is 1.30. The van der Waals surface area contributed by atoms with E-state index in [0.717, 1.165) is 25.4 Å². The maximum Gasteiger partial charge on any atom is 0.233 e. The molecule has 2 rings (SSSR count). The molecule has 16 heavy (non-hydrogen) atoms. The number of piperidine rings is 1. The number of rotatable bonds is 3. The lowest BCUT2D eigenvalue weighted by atomic mass is 9.99. The lowest BCUT2D eigenvalue weighted by Gasteiger charge is -2.22. The van der Waals surface area contributed by atoms with Gasteiger partial charge in [-0.3, -0.25) is 0 Å². The van der Waals surface area contributed by atoms with Crippen LogP contribution >= 0.6 is 12.4 Å². The molecular formula is C11H18ClN3O. The van der Waals surface area contributed by atoms with Crippen LogP contribution in [0.2, 0.25) is 0 Å². The lowest BCUT2D eigenvalue weighted by molar-refractivity contribution is 0.207. The van der Waals surface area contributed by atoms with Gasteiger partial charge in [-0.2, -0.15) is 5.10 Å². The Morgan fingerprint density at radius 1 is 1.31 bits per heavy atom. The predicted octanol–water partition coefficient (Wildman–Crippen LogP) is 1.59. The van der Waals surface area contributed by atoms with Crippen molar-refractivity contribution in [1.29, 1.82) is 0 Å². The highest BCUT2D eigenvalue weighted by Crippen LogP contribution is 2.13. The van der Waals surface area contributed by atoms with E-state index in [1.165, 1.54) is 12.8 Å².